The van der Waals surface area contributed by atoms with Gasteiger partial charge in [0.2, 0.25) is 0 Å². The average Bonchev–Trinajstić information content (AvgIpc) is 3.43. The first kappa shape index (κ1) is 23.8. The van der Waals surface area contributed by atoms with E-state index in [9.17, 15) is 1.37 Å². The minimum absolute atomic E-state index is 0.402. The highest BCUT2D eigenvalue weighted by Gasteiger charge is 2.20. The van der Waals surface area contributed by atoms with Gasteiger partial charge in [-0.3, -0.25) is 0 Å². The van der Waals surface area contributed by atoms with Gasteiger partial charge in [-0.05, 0) is 35.4 Å². The molecule has 0 fully saturated rings. The lowest BCUT2D eigenvalue weighted by molar-refractivity contribution is 1.06. The molecule has 0 radical (unpaired) electrons. The maximum Gasteiger partial charge on any atom is 0.166 e. The topological polar surface area (TPSA) is 43.6 Å². The molecule has 202 valence electrons. The van der Waals surface area contributed by atoms with Crippen molar-refractivity contribution < 1.29 is 1.37 Å². The molecular weight excluding hydrogens is 524 g/mol. The van der Waals surface area contributed by atoms with Crippen LogP contribution in [0.15, 0.2) is 158 Å². The number of fused-ring (bicyclic) bond motifs is 3. The van der Waals surface area contributed by atoms with Gasteiger partial charge in [-0.25, -0.2) is 15.0 Å². The highest BCUT2D eigenvalue weighted by Crippen LogP contribution is 2.38. The molecule has 0 aliphatic carbocycles. The Morgan fingerprint density at radius 2 is 0.860 bits per heavy atom. The first-order chi connectivity index (χ1) is 21.7. The summed E-state index contributed by atoms with van der Waals surface area (Å²) in [5, 5.41) is 2.33. The molecule has 0 aliphatic rings. The highest BCUT2D eigenvalue weighted by molar-refractivity contribution is 6.09. The molecule has 0 atom stereocenters. The number of aromatic nitrogens is 4. The second-order valence-electron chi connectivity index (χ2n) is 10.4. The molecule has 0 saturated heterocycles. The fraction of sp³-hybridized carbons (Fsp3) is 0. The van der Waals surface area contributed by atoms with Crippen LogP contribution in [0, 0.1) is 0 Å². The van der Waals surface area contributed by atoms with Crippen LogP contribution in [-0.4, -0.2) is 19.5 Å². The normalized spacial score (nSPS) is 11.6. The second-order valence-corrected chi connectivity index (χ2v) is 10.4. The Bertz CT molecular complexity index is 2170. The van der Waals surface area contributed by atoms with E-state index in [1.807, 2.05) is 97.1 Å². The molecular formula is C39H26N4. The van der Waals surface area contributed by atoms with Gasteiger partial charge in [0.1, 0.15) is 0 Å². The highest BCUT2D eigenvalue weighted by atomic mass is 15.1. The minimum Gasteiger partial charge on any atom is -0.308 e. The summed E-state index contributed by atoms with van der Waals surface area (Å²) in [7, 11) is 0. The van der Waals surface area contributed by atoms with Gasteiger partial charge < -0.3 is 4.57 Å². The van der Waals surface area contributed by atoms with Gasteiger partial charge in [-0.15, -0.1) is 0 Å². The Kier molecular flexibility index (Phi) is 5.82. The van der Waals surface area contributed by atoms with Crippen LogP contribution in [0.5, 0.6) is 0 Å². The lowest BCUT2D eigenvalue weighted by Gasteiger charge is -2.16. The summed E-state index contributed by atoms with van der Waals surface area (Å²) in [6.45, 7) is 0. The van der Waals surface area contributed by atoms with Crippen molar-refractivity contribution in [3.05, 3.63) is 158 Å². The van der Waals surface area contributed by atoms with Crippen molar-refractivity contribution in [1.82, 2.24) is 19.5 Å². The zero-order valence-electron chi connectivity index (χ0n) is 24.2. The van der Waals surface area contributed by atoms with Crippen molar-refractivity contribution in [3.63, 3.8) is 0 Å². The molecule has 0 saturated carbocycles. The molecule has 0 unspecified atom stereocenters. The third-order valence-corrected chi connectivity index (χ3v) is 7.78. The van der Waals surface area contributed by atoms with Crippen molar-refractivity contribution in [3.8, 4) is 51.0 Å². The van der Waals surface area contributed by atoms with Crippen LogP contribution in [0.4, 0.5) is 0 Å². The predicted molar refractivity (Wildman–Crippen MR) is 176 cm³/mol. The van der Waals surface area contributed by atoms with Crippen molar-refractivity contribution >= 4 is 21.8 Å². The minimum atomic E-state index is 0.402. The van der Waals surface area contributed by atoms with Gasteiger partial charge >= 0.3 is 0 Å². The Morgan fingerprint density at radius 1 is 0.419 bits per heavy atom. The van der Waals surface area contributed by atoms with E-state index < -0.39 is 0 Å². The predicted octanol–water partition coefficient (Wildman–Crippen LogP) is 9.64. The zero-order valence-corrected chi connectivity index (χ0v) is 23.2. The van der Waals surface area contributed by atoms with Crippen molar-refractivity contribution in [2.75, 3.05) is 0 Å². The van der Waals surface area contributed by atoms with E-state index in [1.165, 1.54) is 0 Å². The molecule has 0 amide bonds. The third-order valence-electron chi connectivity index (χ3n) is 7.78. The van der Waals surface area contributed by atoms with E-state index in [-0.39, 0.29) is 0 Å². The van der Waals surface area contributed by atoms with E-state index in [1.54, 1.807) is 0 Å². The molecule has 0 aliphatic heterocycles. The number of para-hydroxylation sites is 2. The van der Waals surface area contributed by atoms with Crippen LogP contribution in [0.1, 0.15) is 1.37 Å². The lowest BCUT2D eigenvalue weighted by atomic mass is 10.0. The van der Waals surface area contributed by atoms with Gasteiger partial charge in [-0.1, -0.05) is 133 Å². The van der Waals surface area contributed by atoms with Crippen LogP contribution in [0.3, 0.4) is 0 Å². The molecule has 8 aromatic rings. The molecule has 6 aromatic carbocycles. The summed E-state index contributed by atoms with van der Waals surface area (Å²) in [6.07, 6.45) is 0. The summed E-state index contributed by atoms with van der Waals surface area (Å²) in [5.74, 6) is 1.69. The Balaban J connectivity index is 1.47. The Hall–Kier alpha value is -5.87. The number of hydrogen-bond donors (Lipinski definition) is 0. The summed E-state index contributed by atoms with van der Waals surface area (Å²) < 4.78 is 11.5. The zero-order chi connectivity index (χ0) is 29.5. The molecule has 0 bridgehead atoms. The second kappa shape index (κ2) is 10.5. The van der Waals surface area contributed by atoms with Gasteiger partial charge in [-0.2, -0.15) is 0 Å². The van der Waals surface area contributed by atoms with Crippen molar-refractivity contribution in [2.24, 2.45) is 0 Å². The van der Waals surface area contributed by atoms with Crippen molar-refractivity contribution in [1.29, 1.82) is 0 Å². The Labute approximate surface area is 251 Å². The molecule has 4 heteroatoms. The summed E-state index contributed by atoms with van der Waals surface area (Å²) in [6, 6.07) is 51.4. The molecule has 2 heterocycles. The number of nitrogens with zero attached hydrogens (tertiary/aromatic N) is 4. The maximum atomic E-state index is 9.20. The SMILES string of the molecule is [2H]c1cc(-c2nc(-c3ccccc3)nc(-c3ccccc3)n2)c(-n2c3ccccc3c3ccccc32)cc1-c1ccccc1. The van der Waals surface area contributed by atoms with Crippen LogP contribution in [-0.2, 0) is 0 Å². The van der Waals surface area contributed by atoms with Gasteiger partial charge in [0.15, 0.2) is 17.5 Å². The van der Waals surface area contributed by atoms with E-state index in [4.69, 9.17) is 15.0 Å². The van der Waals surface area contributed by atoms with Crippen LogP contribution >= 0.6 is 0 Å². The van der Waals surface area contributed by atoms with Crippen LogP contribution in [0.2, 0.25) is 0 Å². The molecule has 8 rings (SSSR count). The number of hydrogen-bond acceptors (Lipinski definition) is 3. The van der Waals surface area contributed by atoms with E-state index >= 15 is 0 Å². The number of rotatable bonds is 5. The molecule has 4 nitrogen and oxygen atoms in total. The number of benzene rings is 6. The fourth-order valence-electron chi connectivity index (χ4n) is 5.74. The largest absolute Gasteiger partial charge is 0.308 e. The Morgan fingerprint density at radius 3 is 1.40 bits per heavy atom. The first-order valence-corrected chi connectivity index (χ1v) is 14.3. The quantitative estimate of drug-likeness (QED) is 0.214. The van der Waals surface area contributed by atoms with Gasteiger partial charge in [0.25, 0.3) is 0 Å². The fourth-order valence-corrected chi connectivity index (χ4v) is 5.74. The third kappa shape index (κ3) is 4.46. The first-order valence-electron chi connectivity index (χ1n) is 14.8. The summed E-state index contributed by atoms with van der Waals surface area (Å²) >= 11 is 0. The average molecular weight is 552 g/mol. The molecule has 43 heavy (non-hydrogen) atoms. The van der Waals surface area contributed by atoms with Gasteiger partial charge in [0, 0.05) is 27.5 Å². The molecule has 0 N–H and O–H groups in total. The molecule has 2 aromatic heterocycles. The summed E-state index contributed by atoms with van der Waals surface area (Å²) in [4.78, 5) is 15.0. The van der Waals surface area contributed by atoms with Crippen molar-refractivity contribution in [2.45, 2.75) is 0 Å². The monoisotopic (exact) mass is 551 g/mol. The maximum absolute atomic E-state index is 9.20. The smallest absolute Gasteiger partial charge is 0.166 e. The van der Waals surface area contributed by atoms with E-state index in [0.717, 1.165) is 55.3 Å². The van der Waals surface area contributed by atoms with Crippen LogP contribution < -0.4 is 0 Å². The summed E-state index contributed by atoms with van der Waals surface area (Å²) in [5.41, 5.74) is 7.44. The van der Waals surface area contributed by atoms with E-state index in [0.29, 0.717) is 23.5 Å². The lowest BCUT2D eigenvalue weighted by Crippen LogP contribution is -2.04. The molecule has 0 spiro atoms. The van der Waals surface area contributed by atoms with Crippen LogP contribution in [0.25, 0.3) is 72.8 Å². The standard InChI is InChI=1S/C39H26N4/c1-4-14-27(15-5-1)30-24-25-33(36(26-30)43-34-22-12-10-20-31(34)32-21-11-13-23-35(32)43)39-41-37(28-16-6-2-7-17-28)40-38(42-39)29-18-8-3-9-19-29/h1-26H/i24D. The van der Waals surface area contributed by atoms with E-state index in [2.05, 4.69) is 59.2 Å². The van der Waals surface area contributed by atoms with Gasteiger partial charge in [0.05, 0.1) is 18.1 Å².